The number of likely N-dealkylation sites (tertiary alicyclic amines) is 1. The number of nitrogens with one attached hydrogen (secondary N) is 2. The minimum atomic E-state index is -0.503. The van der Waals surface area contributed by atoms with Gasteiger partial charge in [0.2, 0.25) is 0 Å². The molecule has 0 spiro atoms. The summed E-state index contributed by atoms with van der Waals surface area (Å²) in [5.74, 6) is 2.13. The number of ether oxygens (including phenoxy) is 3. The van der Waals surface area contributed by atoms with Gasteiger partial charge in [-0.2, -0.15) is 0 Å². The molecule has 1 aromatic rings. The van der Waals surface area contributed by atoms with Crippen molar-refractivity contribution >= 4 is 47.6 Å². The smallest absolute Gasteiger partial charge is 0.407 e. The van der Waals surface area contributed by atoms with Crippen molar-refractivity contribution < 1.29 is 19.0 Å². The number of halogens is 2. The summed E-state index contributed by atoms with van der Waals surface area (Å²) < 4.78 is 16.5. The predicted octanol–water partition coefficient (Wildman–Crippen LogP) is 3.45. The van der Waals surface area contributed by atoms with Gasteiger partial charge in [-0.1, -0.05) is 11.6 Å². The molecular formula is C21H32ClIN4O4. The molecule has 1 aromatic carbocycles. The van der Waals surface area contributed by atoms with Crippen LogP contribution in [0.2, 0.25) is 5.02 Å². The van der Waals surface area contributed by atoms with Crippen LogP contribution in [0.3, 0.4) is 0 Å². The van der Waals surface area contributed by atoms with Crippen molar-refractivity contribution in [2.45, 2.75) is 45.3 Å². The Morgan fingerprint density at radius 2 is 2.06 bits per heavy atom. The summed E-state index contributed by atoms with van der Waals surface area (Å²) in [6.45, 7) is 8.82. The normalized spacial score (nSPS) is 18.3. The number of rotatable bonds is 4. The molecule has 1 amide bonds. The van der Waals surface area contributed by atoms with Crippen LogP contribution in [0.25, 0.3) is 0 Å². The second-order valence-electron chi connectivity index (χ2n) is 8.40. The van der Waals surface area contributed by atoms with E-state index in [0.29, 0.717) is 42.8 Å². The highest BCUT2D eigenvalue weighted by Gasteiger charge is 2.27. The van der Waals surface area contributed by atoms with Crippen molar-refractivity contribution in [3.8, 4) is 11.5 Å². The van der Waals surface area contributed by atoms with Crippen molar-refractivity contribution in [2.75, 3.05) is 39.9 Å². The molecular weight excluding hydrogens is 535 g/mol. The summed E-state index contributed by atoms with van der Waals surface area (Å²) in [5, 5.41) is 6.90. The van der Waals surface area contributed by atoms with E-state index in [1.807, 2.05) is 32.9 Å². The molecule has 8 nitrogen and oxygen atoms in total. The summed E-state index contributed by atoms with van der Waals surface area (Å²) in [5.41, 5.74) is 0.564. The van der Waals surface area contributed by atoms with Gasteiger partial charge in [-0.15, -0.1) is 24.0 Å². The largest absolute Gasteiger partial charge is 0.486 e. The van der Waals surface area contributed by atoms with E-state index >= 15 is 0 Å². The molecule has 0 saturated carbocycles. The summed E-state index contributed by atoms with van der Waals surface area (Å²) in [6.07, 6.45) is 1.23. The number of alkyl carbamates (subject to hydrolysis) is 1. The third kappa shape index (κ3) is 7.48. The second kappa shape index (κ2) is 11.3. The second-order valence-corrected chi connectivity index (χ2v) is 8.81. The minimum Gasteiger partial charge on any atom is -0.486 e. The molecule has 10 heteroatoms. The molecule has 1 unspecified atom stereocenters. The van der Waals surface area contributed by atoms with Crippen LogP contribution in [0.15, 0.2) is 17.1 Å². The number of benzene rings is 1. The fraction of sp³-hybridized carbons (Fsp3) is 0.619. The zero-order chi connectivity index (χ0) is 21.7. The first kappa shape index (κ1) is 25.6. The minimum absolute atomic E-state index is 0. The molecule has 174 valence electrons. The quantitative estimate of drug-likeness (QED) is 0.330. The number of hydrogen-bond acceptors (Lipinski definition) is 5. The average Bonchev–Trinajstić information content (AvgIpc) is 3.12. The molecule has 2 heterocycles. The fourth-order valence-corrected chi connectivity index (χ4v) is 3.79. The van der Waals surface area contributed by atoms with E-state index in [-0.39, 0.29) is 36.1 Å². The van der Waals surface area contributed by atoms with E-state index in [1.54, 1.807) is 7.05 Å². The zero-order valence-electron chi connectivity index (χ0n) is 18.5. The SMILES string of the molecule is CN=C(NCCc1cc(Cl)c2c(c1)OCCO2)N1CCC(NC(=O)OC(C)(C)C)C1.I. The third-order valence-corrected chi connectivity index (χ3v) is 5.05. The number of amides is 1. The Hall–Kier alpha value is -1.62. The van der Waals surface area contributed by atoms with Gasteiger partial charge in [0.1, 0.15) is 18.8 Å². The lowest BCUT2D eigenvalue weighted by atomic mass is 10.1. The molecule has 0 radical (unpaired) electrons. The number of carbonyl (C=O) groups excluding carboxylic acids is 1. The van der Waals surface area contributed by atoms with Crippen LogP contribution in [0, 0.1) is 0 Å². The van der Waals surface area contributed by atoms with E-state index < -0.39 is 5.60 Å². The monoisotopic (exact) mass is 566 g/mol. The highest BCUT2D eigenvalue weighted by Crippen LogP contribution is 2.38. The van der Waals surface area contributed by atoms with Gasteiger partial charge in [0.15, 0.2) is 17.5 Å². The van der Waals surface area contributed by atoms with E-state index in [9.17, 15) is 4.79 Å². The highest BCUT2D eigenvalue weighted by atomic mass is 127. The van der Waals surface area contributed by atoms with Crippen molar-refractivity contribution in [1.82, 2.24) is 15.5 Å². The summed E-state index contributed by atoms with van der Waals surface area (Å²) in [4.78, 5) is 18.5. The maximum atomic E-state index is 12.0. The lowest BCUT2D eigenvalue weighted by Gasteiger charge is -2.23. The third-order valence-electron chi connectivity index (χ3n) is 4.77. The first-order chi connectivity index (χ1) is 14.2. The van der Waals surface area contributed by atoms with Gasteiger partial charge in [0, 0.05) is 26.7 Å². The highest BCUT2D eigenvalue weighted by molar-refractivity contribution is 14.0. The van der Waals surface area contributed by atoms with Crippen LogP contribution in [0.4, 0.5) is 4.79 Å². The van der Waals surface area contributed by atoms with Crippen LogP contribution in [0.5, 0.6) is 11.5 Å². The van der Waals surface area contributed by atoms with Gasteiger partial charge in [0.05, 0.1) is 11.1 Å². The molecule has 1 saturated heterocycles. The molecule has 0 aliphatic carbocycles. The van der Waals surface area contributed by atoms with Crippen LogP contribution in [-0.2, 0) is 11.2 Å². The molecule has 1 atom stereocenters. The van der Waals surface area contributed by atoms with Gasteiger partial charge in [0.25, 0.3) is 0 Å². The summed E-state index contributed by atoms with van der Waals surface area (Å²) in [6, 6.07) is 3.92. The molecule has 1 fully saturated rings. The van der Waals surface area contributed by atoms with Crippen molar-refractivity contribution in [2.24, 2.45) is 4.99 Å². The van der Waals surface area contributed by atoms with E-state index in [4.69, 9.17) is 25.8 Å². The maximum Gasteiger partial charge on any atom is 0.407 e. The van der Waals surface area contributed by atoms with Crippen LogP contribution in [0.1, 0.15) is 32.8 Å². The Balaban J connectivity index is 0.00000341. The Morgan fingerprint density at radius 3 is 2.77 bits per heavy atom. The number of guanidine groups is 1. The maximum absolute atomic E-state index is 12.0. The van der Waals surface area contributed by atoms with Crippen molar-refractivity contribution in [1.29, 1.82) is 0 Å². The predicted molar refractivity (Wildman–Crippen MR) is 132 cm³/mol. The Labute approximate surface area is 206 Å². The lowest BCUT2D eigenvalue weighted by molar-refractivity contribution is 0.0507. The first-order valence-corrected chi connectivity index (χ1v) is 10.7. The number of aliphatic imine (C=N–C) groups is 1. The topological polar surface area (TPSA) is 84.4 Å². The van der Waals surface area contributed by atoms with Gasteiger partial charge in [-0.05, 0) is 51.3 Å². The van der Waals surface area contributed by atoms with Gasteiger partial charge >= 0.3 is 6.09 Å². The number of hydrogen-bond donors (Lipinski definition) is 2. The van der Waals surface area contributed by atoms with Crippen molar-refractivity contribution in [3.05, 3.63) is 22.7 Å². The van der Waals surface area contributed by atoms with E-state index in [2.05, 4.69) is 20.5 Å². The van der Waals surface area contributed by atoms with Gasteiger partial charge in [-0.25, -0.2) is 4.79 Å². The molecule has 31 heavy (non-hydrogen) atoms. The lowest BCUT2D eigenvalue weighted by Crippen LogP contribution is -2.44. The standard InChI is InChI=1S/C21H31ClN4O4.HI/c1-21(2,3)30-20(27)25-15-6-8-26(13-15)19(23-4)24-7-5-14-11-16(22)18-17(12-14)28-9-10-29-18;/h11-12,15H,5-10,13H2,1-4H3,(H,23,24)(H,25,27);1H. The average molecular weight is 567 g/mol. The van der Waals surface area contributed by atoms with Crippen LogP contribution >= 0.6 is 35.6 Å². The van der Waals surface area contributed by atoms with Gasteiger partial charge < -0.3 is 29.7 Å². The van der Waals surface area contributed by atoms with E-state index in [0.717, 1.165) is 30.9 Å². The molecule has 2 aliphatic heterocycles. The number of fused-ring (bicyclic) bond motifs is 1. The van der Waals surface area contributed by atoms with Crippen LogP contribution < -0.4 is 20.1 Å². The fourth-order valence-electron chi connectivity index (χ4n) is 3.50. The molecule has 0 aromatic heterocycles. The number of nitrogens with zero attached hydrogens (tertiary/aromatic N) is 2. The summed E-state index contributed by atoms with van der Waals surface area (Å²) in [7, 11) is 1.76. The van der Waals surface area contributed by atoms with Crippen molar-refractivity contribution in [3.63, 3.8) is 0 Å². The molecule has 0 bridgehead atoms. The molecule has 2 aliphatic rings. The Bertz CT molecular complexity index is 800. The molecule has 2 N–H and O–H groups in total. The van der Waals surface area contributed by atoms with Crippen LogP contribution in [-0.4, -0.2) is 68.5 Å². The Morgan fingerprint density at radius 1 is 1.32 bits per heavy atom. The van der Waals surface area contributed by atoms with E-state index in [1.165, 1.54) is 0 Å². The summed E-state index contributed by atoms with van der Waals surface area (Å²) >= 11 is 6.32. The molecule has 3 rings (SSSR count). The first-order valence-electron chi connectivity index (χ1n) is 10.3. The zero-order valence-corrected chi connectivity index (χ0v) is 21.6. The van der Waals surface area contributed by atoms with Gasteiger partial charge in [-0.3, -0.25) is 4.99 Å². The Kier molecular flexibility index (Phi) is 9.35. The number of carbonyl (C=O) groups is 1.